The third-order valence-corrected chi connectivity index (χ3v) is 5.57. The second-order valence-corrected chi connectivity index (χ2v) is 8.99. The maximum atomic E-state index is 12.7. The number of methoxy groups -OCH3 is 1. The van der Waals surface area contributed by atoms with Crippen LogP contribution < -0.4 is 14.8 Å². The van der Waals surface area contributed by atoms with Crippen LogP contribution in [0.2, 0.25) is 10.0 Å². The molecule has 4 nitrogen and oxygen atoms in total. The van der Waals surface area contributed by atoms with Crippen molar-refractivity contribution < 1.29 is 14.3 Å². The largest absolute Gasteiger partial charge is 0.496 e. The van der Waals surface area contributed by atoms with Gasteiger partial charge in [0.05, 0.1) is 17.2 Å². The molecule has 0 unspecified atom stereocenters. The Balaban J connectivity index is 1.74. The molecule has 3 aromatic carbocycles. The molecule has 0 aromatic heterocycles. The summed E-state index contributed by atoms with van der Waals surface area (Å²) in [6, 6.07) is 18.2. The van der Waals surface area contributed by atoms with Gasteiger partial charge in [-0.3, -0.25) is 4.79 Å². The van der Waals surface area contributed by atoms with Gasteiger partial charge in [0, 0.05) is 16.8 Å². The number of carbonyl (C=O) groups is 1. The second-order valence-electron chi connectivity index (χ2n) is 8.17. The number of hydrogen-bond donors (Lipinski definition) is 1. The minimum absolute atomic E-state index is 0.0811. The van der Waals surface area contributed by atoms with E-state index >= 15 is 0 Å². The van der Waals surface area contributed by atoms with Crippen molar-refractivity contribution in [1.29, 1.82) is 0 Å². The van der Waals surface area contributed by atoms with Gasteiger partial charge in [-0.1, -0.05) is 56.1 Å². The first-order chi connectivity index (χ1) is 14.7. The Hall–Kier alpha value is -2.69. The molecule has 0 bridgehead atoms. The molecular weight excluding hydrogens is 433 g/mol. The Morgan fingerprint density at radius 3 is 2.26 bits per heavy atom. The van der Waals surface area contributed by atoms with Crippen LogP contribution in [-0.2, 0) is 12.0 Å². The van der Waals surface area contributed by atoms with Gasteiger partial charge in [0.1, 0.15) is 18.1 Å². The average Bonchev–Trinajstić information content (AvgIpc) is 2.74. The zero-order valence-electron chi connectivity index (χ0n) is 18.0. The Bertz CT molecular complexity index is 1070. The Morgan fingerprint density at radius 1 is 0.935 bits per heavy atom. The van der Waals surface area contributed by atoms with E-state index < -0.39 is 0 Å². The Morgan fingerprint density at radius 2 is 1.65 bits per heavy atom. The third-order valence-electron chi connectivity index (χ3n) is 4.83. The number of amides is 1. The predicted molar refractivity (Wildman–Crippen MR) is 127 cm³/mol. The van der Waals surface area contributed by atoms with E-state index in [2.05, 4.69) is 38.2 Å². The number of rotatable bonds is 6. The molecule has 31 heavy (non-hydrogen) atoms. The molecule has 162 valence electrons. The molecule has 1 N–H and O–H groups in total. The fourth-order valence-corrected chi connectivity index (χ4v) is 3.32. The molecule has 3 rings (SSSR count). The van der Waals surface area contributed by atoms with Crippen molar-refractivity contribution in [3.05, 3.63) is 87.4 Å². The second kappa shape index (κ2) is 9.63. The molecule has 0 fully saturated rings. The van der Waals surface area contributed by atoms with Crippen LogP contribution in [0.25, 0.3) is 0 Å². The van der Waals surface area contributed by atoms with Crippen molar-refractivity contribution in [3.63, 3.8) is 0 Å². The molecule has 0 spiro atoms. The molecule has 0 saturated heterocycles. The summed E-state index contributed by atoms with van der Waals surface area (Å²) in [5, 5.41) is 3.63. The lowest BCUT2D eigenvalue weighted by atomic mass is 9.87. The van der Waals surface area contributed by atoms with Crippen LogP contribution in [0.15, 0.2) is 60.7 Å². The van der Waals surface area contributed by atoms with Crippen molar-refractivity contribution in [3.8, 4) is 11.5 Å². The monoisotopic (exact) mass is 457 g/mol. The number of nitrogens with one attached hydrogen (secondary N) is 1. The van der Waals surface area contributed by atoms with Gasteiger partial charge in [-0.05, 0) is 59.5 Å². The zero-order chi connectivity index (χ0) is 22.6. The van der Waals surface area contributed by atoms with Crippen molar-refractivity contribution in [2.75, 3.05) is 12.4 Å². The van der Waals surface area contributed by atoms with Crippen LogP contribution in [0.5, 0.6) is 11.5 Å². The van der Waals surface area contributed by atoms with E-state index in [4.69, 9.17) is 32.7 Å². The molecule has 0 atom stereocenters. The van der Waals surface area contributed by atoms with E-state index in [1.54, 1.807) is 43.5 Å². The topological polar surface area (TPSA) is 47.6 Å². The van der Waals surface area contributed by atoms with E-state index in [1.165, 1.54) is 5.56 Å². The van der Waals surface area contributed by atoms with Crippen LogP contribution in [0.3, 0.4) is 0 Å². The van der Waals surface area contributed by atoms with Crippen LogP contribution >= 0.6 is 23.2 Å². The van der Waals surface area contributed by atoms with Crippen molar-refractivity contribution in [2.45, 2.75) is 32.8 Å². The van der Waals surface area contributed by atoms with E-state index in [0.717, 1.165) is 11.3 Å². The zero-order valence-corrected chi connectivity index (χ0v) is 19.5. The quantitative estimate of drug-likeness (QED) is 0.428. The van der Waals surface area contributed by atoms with E-state index in [-0.39, 0.29) is 17.9 Å². The molecule has 0 saturated carbocycles. The van der Waals surface area contributed by atoms with Crippen molar-refractivity contribution in [1.82, 2.24) is 0 Å². The molecule has 1 amide bonds. The highest BCUT2D eigenvalue weighted by atomic mass is 35.5. The summed E-state index contributed by atoms with van der Waals surface area (Å²) < 4.78 is 11.4. The molecule has 0 radical (unpaired) electrons. The highest BCUT2D eigenvalue weighted by Gasteiger charge is 2.14. The lowest BCUT2D eigenvalue weighted by molar-refractivity contribution is 0.102. The first-order valence-electron chi connectivity index (χ1n) is 9.84. The fourth-order valence-electron chi connectivity index (χ4n) is 3.02. The minimum Gasteiger partial charge on any atom is -0.496 e. The number of benzene rings is 3. The summed E-state index contributed by atoms with van der Waals surface area (Å²) in [7, 11) is 1.59. The third kappa shape index (κ3) is 5.93. The summed E-state index contributed by atoms with van der Waals surface area (Å²) in [6.45, 7) is 6.78. The van der Waals surface area contributed by atoms with Crippen molar-refractivity contribution >= 4 is 34.8 Å². The van der Waals surface area contributed by atoms with Gasteiger partial charge in [0.2, 0.25) is 0 Å². The summed E-state index contributed by atoms with van der Waals surface area (Å²) in [5.41, 5.74) is 3.13. The predicted octanol–water partition coefficient (Wildman–Crippen LogP) is 7.13. The standard InChI is InChI=1S/C25H25Cl2NO3/c1-25(2,3)18-6-9-20(10-7-18)31-15-17-13-16(5-12-23(17)30-4)24(29)28-19-8-11-21(26)22(27)14-19/h5-14H,15H2,1-4H3,(H,28,29). The average molecular weight is 458 g/mol. The number of ether oxygens (including phenoxy) is 2. The molecular formula is C25H25Cl2NO3. The summed E-state index contributed by atoms with van der Waals surface area (Å²) in [6.07, 6.45) is 0. The highest BCUT2D eigenvalue weighted by molar-refractivity contribution is 6.42. The van der Waals surface area contributed by atoms with Gasteiger partial charge in [0.15, 0.2) is 0 Å². The SMILES string of the molecule is COc1ccc(C(=O)Nc2ccc(Cl)c(Cl)c2)cc1COc1ccc(C(C)(C)C)cc1. The van der Waals surface area contributed by atoms with E-state index in [9.17, 15) is 4.79 Å². The van der Waals surface area contributed by atoms with Gasteiger partial charge in [-0.25, -0.2) is 0 Å². The van der Waals surface area contributed by atoms with Gasteiger partial charge in [0.25, 0.3) is 5.91 Å². The maximum Gasteiger partial charge on any atom is 0.255 e. The Labute approximate surface area is 193 Å². The molecule has 0 aliphatic rings. The van der Waals surface area contributed by atoms with Gasteiger partial charge in [-0.15, -0.1) is 0 Å². The van der Waals surface area contributed by atoms with Gasteiger partial charge in [-0.2, -0.15) is 0 Å². The number of halogens is 2. The van der Waals surface area contributed by atoms with E-state index in [1.807, 2.05) is 12.1 Å². The van der Waals surface area contributed by atoms with Gasteiger partial charge >= 0.3 is 0 Å². The number of hydrogen-bond acceptors (Lipinski definition) is 3. The van der Waals surface area contributed by atoms with Crippen LogP contribution in [0.4, 0.5) is 5.69 Å². The number of anilines is 1. The van der Waals surface area contributed by atoms with Crippen LogP contribution in [0.1, 0.15) is 42.3 Å². The van der Waals surface area contributed by atoms with E-state index in [0.29, 0.717) is 27.0 Å². The van der Waals surface area contributed by atoms with Crippen LogP contribution in [-0.4, -0.2) is 13.0 Å². The van der Waals surface area contributed by atoms with Crippen molar-refractivity contribution in [2.24, 2.45) is 0 Å². The first kappa shape index (κ1) is 23.0. The Kier molecular flexibility index (Phi) is 7.14. The minimum atomic E-state index is -0.267. The lowest BCUT2D eigenvalue weighted by Crippen LogP contribution is -2.13. The van der Waals surface area contributed by atoms with Crippen LogP contribution in [0, 0.1) is 0 Å². The molecule has 0 aliphatic carbocycles. The fraction of sp³-hybridized carbons (Fsp3) is 0.240. The summed E-state index contributed by atoms with van der Waals surface area (Å²) in [4.78, 5) is 12.7. The number of carbonyl (C=O) groups excluding carboxylic acids is 1. The summed E-state index contributed by atoms with van der Waals surface area (Å²) in [5.74, 6) is 1.13. The van der Waals surface area contributed by atoms with Gasteiger partial charge < -0.3 is 14.8 Å². The molecule has 3 aromatic rings. The summed E-state index contributed by atoms with van der Waals surface area (Å²) >= 11 is 12.0. The maximum absolute atomic E-state index is 12.7. The highest BCUT2D eigenvalue weighted by Crippen LogP contribution is 2.28. The normalized spacial score (nSPS) is 11.2. The smallest absolute Gasteiger partial charge is 0.255 e. The first-order valence-corrected chi connectivity index (χ1v) is 10.6. The molecule has 0 aliphatic heterocycles. The molecule has 6 heteroatoms. The molecule has 0 heterocycles. The lowest BCUT2D eigenvalue weighted by Gasteiger charge is -2.19.